The van der Waals surface area contributed by atoms with Crippen molar-refractivity contribution in [3.05, 3.63) is 54.1 Å². The number of ether oxygens (including phenoxy) is 1. The van der Waals surface area contributed by atoms with Crippen LogP contribution in [-0.4, -0.2) is 12.5 Å². The fourth-order valence-electron chi connectivity index (χ4n) is 2.75. The Hall–Kier alpha value is -1.98. The largest absolute Gasteiger partial charge is 0.494 e. The Morgan fingerprint density at radius 2 is 1.24 bits per heavy atom. The minimum absolute atomic E-state index is 0.683. The van der Waals surface area contributed by atoms with Gasteiger partial charge in [-0.25, -0.2) is 0 Å². The Morgan fingerprint density at radius 1 is 0.720 bits per heavy atom. The van der Waals surface area contributed by atoms with Gasteiger partial charge in [-0.05, 0) is 48.2 Å². The van der Waals surface area contributed by atoms with Crippen molar-refractivity contribution in [1.29, 1.82) is 5.26 Å². The lowest BCUT2D eigenvalue weighted by molar-refractivity contribution is 0.304. The molecule has 0 amide bonds. The van der Waals surface area contributed by atoms with Gasteiger partial charge in [-0.2, -0.15) is 5.26 Å². The maximum atomic E-state index is 8.85. The van der Waals surface area contributed by atoms with E-state index in [0.717, 1.165) is 42.2 Å². The SMILES string of the molecule is N#Cc1ccc(-c2ccc(OCCCCCCCCCCl)cc2)cc1. The molecule has 0 spiro atoms. The fraction of sp³-hybridized carbons (Fsp3) is 0.409. The van der Waals surface area contributed by atoms with Crippen molar-refractivity contribution < 1.29 is 4.74 Å². The van der Waals surface area contributed by atoms with Gasteiger partial charge in [0.05, 0.1) is 18.2 Å². The molecule has 2 aromatic rings. The molecule has 25 heavy (non-hydrogen) atoms. The number of nitrogens with zero attached hydrogens (tertiary/aromatic N) is 1. The second-order valence-electron chi connectivity index (χ2n) is 6.23. The predicted octanol–water partition coefficient (Wildman–Crippen LogP) is 6.57. The molecule has 2 aromatic carbocycles. The van der Waals surface area contributed by atoms with Crippen LogP contribution in [0, 0.1) is 11.3 Å². The highest BCUT2D eigenvalue weighted by molar-refractivity contribution is 6.17. The van der Waals surface area contributed by atoms with E-state index in [1.807, 2.05) is 36.4 Å². The third-order valence-corrected chi connectivity index (χ3v) is 4.52. The summed E-state index contributed by atoms with van der Waals surface area (Å²) in [6, 6.07) is 17.9. The van der Waals surface area contributed by atoms with Crippen LogP contribution in [0.5, 0.6) is 5.75 Å². The second kappa shape index (κ2) is 11.6. The van der Waals surface area contributed by atoms with Gasteiger partial charge in [-0.3, -0.25) is 0 Å². The van der Waals surface area contributed by atoms with Crippen LogP contribution in [0.15, 0.2) is 48.5 Å². The summed E-state index contributed by atoms with van der Waals surface area (Å²) < 4.78 is 5.82. The van der Waals surface area contributed by atoms with Crippen LogP contribution >= 0.6 is 11.6 Å². The summed E-state index contributed by atoms with van der Waals surface area (Å²) in [4.78, 5) is 0. The second-order valence-corrected chi connectivity index (χ2v) is 6.60. The van der Waals surface area contributed by atoms with Gasteiger partial charge in [-0.15, -0.1) is 11.6 Å². The normalized spacial score (nSPS) is 10.4. The van der Waals surface area contributed by atoms with E-state index in [1.54, 1.807) is 0 Å². The van der Waals surface area contributed by atoms with Crippen LogP contribution in [0.3, 0.4) is 0 Å². The molecular weight excluding hydrogens is 330 g/mol. The fourth-order valence-corrected chi connectivity index (χ4v) is 2.94. The van der Waals surface area contributed by atoms with Crippen LogP contribution in [0.25, 0.3) is 11.1 Å². The van der Waals surface area contributed by atoms with E-state index < -0.39 is 0 Å². The summed E-state index contributed by atoms with van der Waals surface area (Å²) in [6.45, 7) is 0.776. The first-order valence-corrected chi connectivity index (χ1v) is 9.66. The number of unbranched alkanes of at least 4 members (excludes halogenated alkanes) is 6. The maximum absolute atomic E-state index is 8.85. The zero-order chi connectivity index (χ0) is 17.7. The smallest absolute Gasteiger partial charge is 0.119 e. The Bertz CT molecular complexity index is 643. The molecule has 3 heteroatoms. The first-order valence-electron chi connectivity index (χ1n) is 9.13. The summed E-state index contributed by atoms with van der Waals surface area (Å²) in [6.07, 6.45) is 8.61. The summed E-state index contributed by atoms with van der Waals surface area (Å²) in [5, 5.41) is 8.85. The van der Waals surface area contributed by atoms with Crippen LogP contribution < -0.4 is 4.74 Å². The molecule has 132 valence electrons. The van der Waals surface area contributed by atoms with Gasteiger partial charge in [0.1, 0.15) is 5.75 Å². The molecular formula is C22H26ClNO. The summed E-state index contributed by atoms with van der Waals surface area (Å²) in [5.74, 6) is 1.71. The number of hydrogen-bond donors (Lipinski definition) is 0. The monoisotopic (exact) mass is 355 g/mol. The van der Waals surface area contributed by atoms with Gasteiger partial charge >= 0.3 is 0 Å². The van der Waals surface area contributed by atoms with Crippen molar-refractivity contribution in [2.45, 2.75) is 44.9 Å². The van der Waals surface area contributed by atoms with E-state index in [1.165, 1.54) is 32.1 Å². The number of rotatable bonds is 11. The van der Waals surface area contributed by atoms with E-state index in [-0.39, 0.29) is 0 Å². The van der Waals surface area contributed by atoms with E-state index in [0.29, 0.717) is 5.56 Å². The molecule has 0 N–H and O–H groups in total. The van der Waals surface area contributed by atoms with Gasteiger partial charge < -0.3 is 4.74 Å². The van der Waals surface area contributed by atoms with Crippen LogP contribution in [0.1, 0.15) is 50.5 Å². The van der Waals surface area contributed by atoms with Gasteiger partial charge in [0.25, 0.3) is 0 Å². The number of alkyl halides is 1. The summed E-state index contributed by atoms with van der Waals surface area (Å²) >= 11 is 5.67. The molecule has 0 aliphatic carbocycles. The Morgan fingerprint density at radius 3 is 1.80 bits per heavy atom. The lowest BCUT2D eigenvalue weighted by Crippen LogP contribution is -1.97. The molecule has 2 nitrogen and oxygen atoms in total. The van der Waals surface area contributed by atoms with Gasteiger partial charge in [0.15, 0.2) is 0 Å². The molecule has 0 heterocycles. The van der Waals surface area contributed by atoms with Gasteiger partial charge in [0.2, 0.25) is 0 Å². The average molecular weight is 356 g/mol. The molecule has 0 aliphatic rings. The highest BCUT2D eigenvalue weighted by atomic mass is 35.5. The quantitative estimate of drug-likeness (QED) is 0.337. The van der Waals surface area contributed by atoms with E-state index in [4.69, 9.17) is 21.6 Å². The van der Waals surface area contributed by atoms with Crippen molar-refractivity contribution in [3.8, 4) is 22.9 Å². The van der Waals surface area contributed by atoms with Crippen LogP contribution in [0.4, 0.5) is 0 Å². The minimum atomic E-state index is 0.683. The summed E-state index contributed by atoms with van der Waals surface area (Å²) in [7, 11) is 0. The predicted molar refractivity (Wildman–Crippen MR) is 105 cm³/mol. The molecule has 0 fully saturated rings. The zero-order valence-electron chi connectivity index (χ0n) is 14.7. The Labute approximate surface area is 156 Å². The first-order chi connectivity index (χ1) is 12.3. The van der Waals surface area contributed by atoms with Crippen LogP contribution in [0.2, 0.25) is 0 Å². The number of nitriles is 1. The van der Waals surface area contributed by atoms with Gasteiger partial charge in [-0.1, -0.05) is 56.4 Å². The topological polar surface area (TPSA) is 33.0 Å². The Kier molecular flexibility index (Phi) is 8.94. The third kappa shape index (κ3) is 7.20. The van der Waals surface area contributed by atoms with Crippen molar-refractivity contribution in [3.63, 3.8) is 0 Å². The highest BCUT2D eigenvalue weighted by Gasteiger charge is 2.00. The summed E-state index contributed by atoms with van der Waals surface area (Å²) in [5.41, 5.74) is 2.93. The number of halogens is 1. The third-order valence-electron chi connectivity index (χ3n) is 4.25. The molecule has 0 bridgehead atoms. The molecule has 0 atom stereocenters. The molecule has 0 radical (unpaired) electrons. The molecule has 0 unspecified atom stereocenters. The Balaban J connectivity index is 1.66. The number of hydrogen-bond acceptors (Lipinski definition) is 2. The lowest BCUT2D eigenvalue weighted by Gasteiger charge is -2.08. The van der Waals surface area contributed by atoms with Gasteiger partial charge in [0, 0.05) is 5.88 Å². The maximum Gasteiger partial charge on any atom is 0.119 e. The van der Waals surface area contributed by atoms with Crippen molar-refractivity contribution in [2.75, 3.05) is 12.5 Å². The molecule has 2 rings (SSSR count). The minimum Gasteiger partial charge on any atom is -0.494 e. The average Bonchev–Trinajstić information content (AvgIpc) is 2.67. The molecule has 0 saturated heterocycles. The van der Waals surface area contributed by atoms with Crippen molar-refractivity contribution in [2.24, 2.45) is 0 Å². The molecule has 0 aromatic heterocycles. The van der Waals surface area contributed by atoms with Crippen molar-refractivity contribution in [1.82, 2.24) is 0 Å². The van der Waals surface area contributed by atoms with E-state index in [2.05, 4.69) is 18.2 Å². The van der Waals surface area contributed by atoms with E-state index in [9.17, 15) is 0 Å². The zero-order valence-corrected chi connectivity index (χ0v) is 15.5. The number of benzene rings is 2. The van der Waals surface area contributed by atoms with E-state index >= 15 is 0 Å². The standard InChI is InChI=1S/C22H26ClNO/c23-16-6-4-2-1-3-5-7-17-25-22-14-12-21(13-15-22)20-10-8-19(18-24)9-11-20/h8-15H,1-7,16-17H2. The van der Waals surface area contributed by atoms with Crippen molar-refractivity contribution >= 4 is 11.6 Å². The molecule has 0 aliphatic heterocycles. The molecule has 0 saturated carbocycles. The highest BCUT2D eigenvalue weighted by Crippen LogP contribution is 2.23. The lowest BCUT2D eigenvalue weighted by atomic mass is 10.0. The van der Waals surface area contributed by atoms with Crippen LogP contribution in [-0.2, 0) is 0 Å². The first kappa shape index (κ1) is 19.3.